The van der Waals surface area contributed by atoms with E-state index >= 15 is 0 Å². The Kier molecular flexibility index (Phi) is 4.50. The Morgan fingerprint density at radius 2 is 1.95 bits per heavy atom. The fourth-order valence-corrected chi connectivity index (χ4v) is 4.77. The summed E-state index contributed by atoms with van der Waals surface area (Å²) >= 11 is 0. The number of nitrogens with two attached hydrogens (primary N) is 1. The Morgan fingerprint density at radius 3 is 2.76 bits per heavy atom. The largest absolute Gasteiger partial charge is 0.490 e. The summed E-state index contributed by atoms with van der Waals surface area (Å²) in [6.45, 7) is 3.52. The normalized spacial score (nSPS) is 30.5. The molecule has 0 amide bonds. The van der Waals surface area contributed by atoms with Crippen molar-refractivity contribution in [2.45, 2.75) is 48.8 Å². The van der Waals surface area contributed by atoms with E-state index in [-0.39, 0.29) is 11.3 Å². The van der Waals surface area contributed by atoms with E-state index in [2.05, 4.69) is 6.92 Å². The van der Waals surface area contributed by atoms with E-state index < -0.39 is 10.8 Å². The number of benzene rings is 1. The molecular weight excluding hydrogens is 286 g/mol. The summed E-state index contributed by atoms with van der Waals surface area (Å²) in [4.78, 5) is 0.800. The van der Waals surface area contributed by atoms with E-state index in [1.165, 1.54) is 0 Å². The van der Waals surface area contributed by atoms with Gasteiger partial charge in [0.05, 0.1) is 29.3 Å². The van der Waals surface area contributed by atoms with Crippen LogP contribution in [0.5, 0.6) is 11.5 Å². The minimum absolute atomic E-state index is 0.0259. The Hall–Kier alpha value is -1.07. The lowest BCUT2D eigenvalue weighted by Gasteiger charge is -2.31. The molecule has 0 aromatic heterocycles. The third kappa shape index (κ3) is 3.24. The van der Waals surface area contributed by atoms with Crippen molar-refractivity contribution in [3.8, 4) is 11.5 Å². The van der Waals surface area contributed by atoms with Crippen molar-refractivity contribution in [3.63, 3.8) is 0 Å². The molecule has 0 saturated heterocycles. The van der Waals surface area contributed by atoms with Gasteiger partial charge in [-0.05, 0) is 37.3 Å². The number of fused-ring (bicyclic) bond motifs is 1. The monoisotopic (exact) mass is 309 g/mol. The summed E-state index contributed by atoms with van der Waals surface area (Å²) in [5, 5.41) is 0.0403. The van der Waals surface area contributed by atoms with Gasteiger partial charge in [-0.1, -0.05) is 6.92 Å². The van der Waals surface area contributed by atoms with E-state index in [4.69, 9.17) is 15.2 Å². The van der Waals surface area contributed by atoms with E-state index in [0.717, 1.165) is 36.3 Å². The number of hydrogen-bond donors (Lipinski definition) is 1. The van der Waals surface area contributed by atoms with Crippen LogP contribution >= 0.6 is 0 Å². The molecule has 2 aliphatic rings. The third-order valence-electron chi connectivity index (χ3n) is 4.33. The Balaban J connectivity index is 1.82. The highest BCUT2D eigenvalue weighted by molar-refractivity contribution is 7.85. The first kappa shape index (κ1) is 14.9. The van der Waals surface area contributed by atoms with Gasteiger partial charge in [0.15, 0.2) is 11.5 Å². The molecule has 2 N–H and O–H groups in total. The molecule has 1 aromatic carbocycles. The Bertz CT molecular complexity index is 534. The van der Waals surface area contributed by atoms with E-state index in [9.17, 15) is 4.21 Å². The number of ether oxygens (including phenoxy) is 2. The molecule has 1 aliphatic heterocycles. The first-order valence-corrected chi connectivity index (χ1v) is 8.92. The van der Waals surface area contributed by atoms with Crippen molar-refractivity contribution in [3.05, 3.63) is 18.2 Å². The second kappa shape index (κ2) is 6.36. The second-order valence-corrected chi connectivity index (χ2v) is 7.75. The van der Waals surface area contributed by atoms with Crippen LogP contribution in [0.1, 0.15) is 32.6 Å². The molecule has 1 aromatic rings. The van der Waals surface area contributed by atoms with Gasteiger partial charge in [-0.2, -0.15) is 0 Å². The van der Waals surface area contributed by atoms with Gasteiger partial charge in [-0.25, -0.2) is 0 Å². The molecule has 116 valence electrons. The van der Waals surface area contributed by atoms with Gasteiger partial charge in [-0.3, -0.25) is 4.21 Å². The number of hydrogen-bond acceptors (Lipinski definition) is 4. The quantitative estimate of drug-likeness (QED) is 0.911. The third-order valence-corrected chi connectivity index (χ3v) is 6.14. The molecule has 1 aliphatic carbocycles. The smallest absolute Gasteiger partial charge is 0.162 e. The summed E-state index contributed by atoms with van der Waals surface area (Å²) in [6, 6.07) is 5.64. The molecule has 0 radical (unpaired) electrons. The van der Waals surface area contributed by atoms with Gasteiger partial charge in [0.25, 0.3) is 0 Å². The van der Waals surface area contributed by atoms with Gasteiger partial charge < -0.3 is 15.2 Å². The van der Waals surface area contributed by atoms with Gasteiger partial charge in [-0.15, -0.1) is 0 Å². The van der Waals surface area contributed by atoms with Crippen molar-refractivity contribution in [1.29, 1.82) is 0 Å². The summed E-state index contributed by atoms with van der Waals surface area (Å²) in [6.07, 6.45) is 3.90. The van der Waals surface area contributed by atoms with Crippen molar-refractivity contribution < 1.29 is 13.7 Å². The van der Waals surface area contributed by atoms with E-state index in [1.807, 2.05) is 18.2 Å². The fourth-order valence-electron chi connectivity index (χ4n) is 3.04. The van der Waals surface area contributed by atoms with E-state index in [1.54, 1.807) is 0 Å². The predicted octanol–water partition coefficient (Wildman–Crippen LogP) is 2.47. The molecule has 0 bridgehead atoms. The zero-order valence-corrected chi connectivity index (χ0v) is 13.2. The molecule has 5 heteroatoms. The van der Waals surface area contributed by atoms with Crippen molar-refractivity contribution in [2.24, 2.45) is 11.7 Å². The minimum Gasteiger partial charge on any atom is -0.490 e. The van der Waals surface area contributed by atoms with Crippen LogP contribution in [0.2, 0.25) is 0 Å². The standard InChI is InChI=1S/C16H23NO3S/c1-11-3-5-13(17)16(9-11)21(18)12-4-6-14-15(10-12)20-8-2-7-19-14/h4,6,10-11,13,16H,2-3,5,7-9,17H2,1H3. The van der Waals surface area contributed by atoms with Crippen LogP contribution < -0.4 is 15.2 Å². The zero-order valence-electron chi connectivity index (χ0n) is 12.4. The van der Waals surface area contributed by atoms with Crippen molar-refractivity contribution in [2.75, 3.05) is 13.2 Å². The van der Waals surface area contributed by atoms with Gasteiger partial charge in [0.1, 0.15) is 0 Å². The Labute approximate surface area is 128 Å². The summed E-state index contributed by atoms with van der Waals surface area (Å²) < 4.78 is 24.2. The number of rotatable bonds is 2. The maximum Gasteiger partial charge on any atom is 0.162 e. The van der Waals surface area contributed by atoms with Gasteiger partial charge in [0.2, 0.25) is 0 Å². The highest BCUT2D eigenvalue weighted by Gasteiger charge is 2.31. The molecular formula is C16H23NO3S. The molecule has 0 spiro atoms. The molecule has 1 fully saturated rings. The van der Waals surface area contributed by atoms with Crippen LogP contribution in [0, 0.1) is 5.92 Å². The summed E-state index contributed by atoms with van der Waals surface area (Å²) in [5.41, 5.74) is 6.19. The van der Waals surface area contributed by atoms with Crippen LogP contribution in [0.3, 0.4) is 0 Å². The molecule has 1 heterocycles. The highest BCUT2D eigenvalue weighted by Crippen LogP contribution is 2.34. The zero-order chi connectivity index (χ0) is 14.8. The average molecular weight is 309 g/mol. The average Bonchev–Trinajstić information content (AvgIpc) is 2.73. The topological polar surface area (TPSA) is 61.6 Å². The van der Waals surface area contributed by atoms with Crippen LogP contribution in [0.25, 0.3) is 0 Å². The van der Waals surface area contributed by atoms with Crippen LogP contribution in [0.4, 0.5) is 0 Å². The lowest BCUT2D eigenvalue weighted by atomic mass is 9.87. The molecule has 3 rings (SSSR count). The minimum atomic E-state index is -1.08. The van der Waals surface area contributed by atoms with Crippen LogP contribution in [-0.4, -0.2) is 28.7 Å². The van der Waals surface area contributed by atoms with Crippen LogP contribution in [-0.2, 0) is 10.8 Å². The lowest BCUT2D eigenvalue weighted by molar-refractivity contribution is 0.297. The molecule has 4 unspecified atom stereocenters. The predicted molar refractivity (Wildman–Crippen MR) is 83.2 cm³/mol. The first-order valence-electron chi connectivity index (χ1n) is 7.71. The summed E-state index contributed by atoms with van der Waals surface area (Å²) in [7, 11) is -1.08. The summed E-state index contributed by atoms with van der Waals surface area (Å²) in [5.74, 6) is 2.05. The SMILES string of the molecule is CC1CCC(N)C(S(=O)c2ccc3c(c2)OCCCO3)C1. The maximum atomic E-state index is 12.9. The second-order valence-electron chi connectivity index (χ2n) is 6.08. The molecule has 1 saturated carbocycles. The molecule has 4 nitrogen and oxygen atoms in total. The van der Waals surface area contributed by atoms with E-state index in [0.29, 0.717) is 24.9 Å². The maximum absolute atomic E-state index is 12.9. The van der Waals surface area contributed by atoms with Crippen molar-refractivity contribution in [1.82, 2.24) is 0 Å². The van der Waals surface area contributed by atoms with Gasteiger partial charge in [0, 0.05) is 23.4 Å². The van der Waals surface area contributed by atoms with Crippen LogP contribution in [0.15, 0.2) is 23.1 Å². The van der Waals surface area contributed by atoms with Gasteiger partial charge >= 0.3 is 0 Å². The molecule has 21 heavy (non-hydrogen) atoms. The molecule has 4 atom stereocenters. The fraction of sp³-hybridized carbons (Fsp3) is 0.625. The highest BCUT2D eigenvalue weighted by atomic mass is 32.2. The lowest BCUT2D eigenvalue weighted by Crippen LogP contribution is -2.42. The Morgan fingerprint density at radius 1 is 1.19 bits per heavy atom. The first-order chi connectivity index (χ1) is 10.1. The van der Waals surface area contributed by atoms with Crippen molar-refractivity contribution >= 4 is 10.8 Å².